The maximum atomic E-state index is 2.17. The minimum atomic E-state index is 0. The molecule has 1 aromatic rings. The van der Waals surface area contributed by atoms with Crippen LogP contribution < -0.4 is 0 Å². The van der Waals surface area contributed by atoms with Crippen LogP contribution in [0.2, 0.25) is 0 Å². The Morgan fingerprint density at radius 2 is 1.70 bits per heavy atom. The molecule has 0 amide bonds. The van der Waals surface area contributed by atoms with Gasteiger partial charge in [-0.25, -0.2) is 11.6 Å². The molecule has 0 aromatic heterocycles. The maximum absolute atomic E-state index is 2.17. The fourth-order valence-electron chi connectivity index (χ4n) is 0.718. The van der Waals surface area contributed by atoms with Crippen LogP contribution in [0.25, 0.3) is 0 Å². The van der Waals surface area contributed by atoms with E-state index in [1.54, 1.807) is 0 Å². The first-order valence-corrected chi connectivity index (χ1v) is 2.49. The van der Waals surface area contributed by atoms with Crippen molar-refractivity contribution in [1.29, 1.82) is 0 Å². The molecule has 0 spiro atoms. The molecule has 55 valence electrons. The van der Waals surface area contributed by atoms with Gasteiger partial charge in [-0.15, -0.1) is 0 Å². The standard InChI is InChI=1S/C7H9.2CH3.Zr/c1-6-3-4-7(2)5-6;;;/h3-5H,1-2H3;2*1H3;/q3*-1;+3. The molecule has 0 N–H and O–H groups in total. The van der Waals surface area contributed by atoms with E-state index in [0.29, 0.717) is 0 Å². The molecule has 0 fully saturated rings. The van der Waals surface area contributed by atoms with Crippen molar-refractivity contribution >= 4 is 0 Å². The molecule has 1 heteroatoms. The molecule has 10 heavy (non-hydrogen) atoms. The van der Waals surface area contributed by atoms with E-state index in [0.717, 1.165) is 0 Å². The number of hydrogen-bond acceptors (Lipinski definition) is 0. The number of hydrogen-bond donors (Lipinski definition) is 0. The third kappa shape index (κ3) is 5.05. The summed E-state index contributed by atoms with van der Waals surface area (Å²) in [7, 11) is 0. The van der Waals surface area contributed by atoms with Gasteiger partial charge in [0, 0.05) is 0 Å². The van der Waals surface area contributed by atoms with Gasteiger partial charge in [0.2, 0.25) is 0 Å². The summed E-state index contributed by atoms with van der Waals surface area (Å²) in [4.78, 5) is 0. The molecule has 1 aromatic carbocycles. The minimum Gasteiger partial charge on any atom is -0.358 e. The fraction of sp³-hybridized carbons (Fsp3) is 0.222. The van der Waals surface area contributed by atoms with Crippen molar-refractivity contribution in [2.75, 3.05) is 0 Å². The molecule has 0 aliphatic heterocycles. The number of rotatable bonds is 0. The van der Waals surface area contributed by atoms with Gasteiger partial charge in [0.05, 0.1) is 0 Å². The molecule has 0 bridgehead atoms. The third-order valence-electron chi connectivity index (χ3n) is 1.06. The van der Waals surface area contributed by atoms with E-state index in [1.165, 1.54) is 11.1 Å². The Labute approximate surface area is 84.1 Å². The van der Waals surface area contributed by atoms with E-state index in [9.17, 15) is 0 Å². The Morgan fingerprint density at radius 1 is 1.20 bits per heavy atom. The predicted octanol–water partition coefficient (Wildman–Crippen LogP) is 2.92. The van der Waals surface area contributed by atoms with Crippen LogP contribution in [0.3, 0.4) is 0 Å². The van der Waals surface area contributed by atoms with E-state index in [1.807, 2.05) is 0 Å². The molecular formula is C9H15Zr. The summed E-state index contributed by atoms with van der Waals surface area (Å²) in [6, 6.07) is 6.41. The van der Waals surface area contributed by atoms with Gasteiger partial charge in [0.15, 0.2) is 0 Å². The van der Waals surface area contributed by atoms with Gasteiger partial charge in [-0.2, -0.15) is 17.7 Å². The van der Waals surface area contributed by atoms with Crippen molar-refractivity contribution in [2.45, 2.75) is 13.8 Å². The number of aryl methyl sites for hydroxylation is 2. The fourth-order valence-corrected chi connectivity index (χ4v) is 0.718. The zero-order chi connectivity index (χ0) is 5.28. The normalized spacial score (nSPS) is 6.60. The first-order valence-electron chi connectivity index (χ1n) is 2.49. The molecule has 0 saturated carbocycles. The van der Waals surface area contributed by atoms with Crippen molar-refractivity contribution in [3.05, 3.63) is 44.2 Å². The van der Waals surface area contributed by atoms with Gasteiger partial charge >= 0.3 is 26.2 Å². The molecular weight excluding hydrogens is 199 g/mol. The molecule has 1 radical (unpaired) electrons. The van der Waals surface area contributed by atoms with Crippen LogP contribution in [-0.4, -0.2) is 0 Å². The topological polar surface area (TPSA) is 0 Å². The zero-order valence-electron chi connectivity index (χ0n) is 7.23. The van der Waals surface area contributed by atoms with Gasteiger partial charge in [0.25, 0.3) is 0 Å². The molecule has 1 rings (SSSR count). The monoisotopic (exact) mass is 213 g/mol. The smallest absolute Gasteiger partial charge is 0.358 e. The van der Waals surface area contributed by atoms with Crippen LogP contribution in [-0.2, 0) is 26.2 Å². The first-order chi connectivity index (χ1) is 3.29. The predicted molar refractivity (Wildman–Crippen MR) is 44.3 cm³/mol. The van der Waals surface area contributed by atoms with E-state index in [-0.39, 0.29) is 41.1 Å². The largest absolute Gasteiger partial charge is 3.00 e. The van der Waals surface area contributed by atoms with Gasteiger partial charge in [-0.3, -0.25) is 0 Å². The Morgan fingerprint density at radius 3 is 1.80 bits per heavy atom. The summed E-state index contributed by atoms with van der Waals surface area (Å²) >= 11 is 0. The summed E-state index contributed by atoms with van der Waals surface area (Å²) in [6.07, 6.45) is 0. The molecule has 0 aliphatic carbocycles. The van der Waals surface area contributed by atoms with E-state index >= 15 is 0 Å². The molecule has 0 atom stereocenters. The zero-order valence-corrected chi connectivity index (χ0v) is 9.69. The van der Waals surface area contributed by atoms with Gasteiger partial charge < -0.3 is 14.9 Å². The van der Waals surface area contributed by atoms with Crippen LogP contribution >= 0.6 is 0 Å². The Hall–Kier alpha value is 0.233. The second kappa shape index (κ2) is 7.34. The van der Waals surface area contributed by atoms with Crippen LogP contribution in [0.4, 0.5) is 0 Å². The molecule has 0 nitrogen and oxygen atoms in total. The van der Waals surface area contributed by atoms with Crippen molar-refractivity contribution in [1.82, 2.24) is 0 Å². The van der Waals surface area contributed by atoms with E-state index in [4.69, 9.17) is 0 Å². The van der Waals surface area contributed by atoms with Crippen molar-refractivity contribution in [3.8, 4) is 0 Å². The van der Waals surface area contributed by atoms with Crippen LogP contribution in [0.15, 0.2) is 18.2 Å². The van der Waals surface area contributed by atoms with Crippen molar-refractivity contribution < 1.29 is 26.2 Å². The SMILES string of the molecule is Cc1c[cH-]c(C)c1.[CH3-].[CH3-].[Zr+3]. The van der Waals surface area contributed by atoms with Gasteiger partial charge in [-0.05, 0) is 0 Å². The summed E-state index contributed by atoms with van der Waals surface area (Å²) in [6.45, 7) is 4.21. The molecule has 0 heterocycles. The van der Waals surface area contributed by atoms with Crippen LogP contribution in [0.5, 0.6) is 0 Å². The molecule has 0 unspecified atom stereocenters. The Balaban J connectivity index is -0.000000163. The quantitative estimate of drug-likeness (QED) is 0.583. The second-order valence-electron chi connectivity index (χ2n) is 1.97. The Kier molecular flexibility index (Phi) is 12.2. The van der Waals surface area contributed by atoms with Crippen molar-refractivity contribution in [3.63, 3.8) is 0 Å². The van der Waals surface area contributed by atoms with E-state index < -0.39 is 0 Å². The summed E-state index contributed by atoms with van der Waals surface area (Å²) in [5.74, 6) is 0. The second-order valence-corrected chi connectivity index (χ2v) is 1.97. The minimum absolute atomic E-state index is 0. The maximum Gasteiger partial charge on any atom is 3.00 e. The first kappa shape index (κ1) is 16.7. The third-order valence-corrected chi connectivity index (χ3v) is 1.06. The van der Waals surface area contributed by atoms with Gasteiger partial charge in [0.1, 0.15) is 0 Å². The van der Waals surface area contributed by atoms with Crippen molar-refractivity contribution in [2.24, 2.45) is 0 Å². The Bertz CT molecular complexity index is 137. The summed E-state index contributed by atoms with van der Waals surface area (Å²) in [5, 5.41) is 0. The summed E-state index contributed by atoms with van der Waals surface area (Å²) in [5.41, 5.74) is 2.72. The van der Waals surface area contributed by atoms with Crippen LogP contribution in [0, 0.1) is 28.7 Å². The van der Waals surface area contributed by atoms with E-state index in [2.05, 4.69) is 32.0 Å². The average molecular weight is 214 g/mol. The molecule has 0 aliphatic rings. The molecule has 0 saturated heterocycles. The van der Waals surface area contributed by atoms with Crippen LogP contribution in [0.1, 0.15) is 11.1 Å². The van der Waals surface area contributed by atoms with Gasteiger partial charge in [-0.1, -0.05) is 13.8 Å². The summed E-state index contributed by atoms with van der Waals surface area (Å²) < 4.78 is 0. The average Bonchev–Trinajstić information content (AvgIpc) is 1.87.